The van der Waals surface area contributed by atoms with E-state index in [1.807, 2.05) is 0 Å². The number of hydrogen-bond acceptors (Lipinski definition) is 6. The molecule has 4 rings (SSSR count). The Hall–Kier alpha value is -3.71. The zero-order valence-electron chi connectivity index (χ0n) is 17.4. The normalized spacial score (nSPS) is 17.6. The maximum atomic E-state index is 13.1. The van der Waals surface area contributed by atoms with Crippen LogP contribution >= 0.6 is 11.6 Å². The molecular weight excluding hydrogens is 434 g/mol. The summed E-state index contributed by atoms with van der Waals surface area (Å²) in [5.41, 5.74) is 0.913. The molecule has 3 aromatic rings. The van der Waals surface area contributed by atoms with Crippen LogP contribution in [0.2, 0.25) is 5.02 Å². The molecule has 1 fully saturated rings. The van der Waals surface area contributed by atoms with Gasteiger partial charge in [0.2, 0.25) is 0 Å². The number of likely N-dealkylation sites (tertiary alicyclic amines) is 1. The molecule has 1 saturated heterocycles. The minimum Gasteiger partial charge on any atom is -0.507 e. The van der Waals surface area contributed by atoms with E-state index in [9.17, 15) is 14.7 Å². The summed E-state index contributed by atoms with van der Waals surface area (Å²) < 4.78 is 16.1. The molecule has 0 aliphatic carbocycles. The van der Waals surface area contributed by atoms with Crippen molar-refractivity contribution >= 4 is 29.1 Å². The zero-order valence-corrected chi connectivity index (χ0v) is 18.1. The molecule has 1 amide bonds. The molecular formula is C24H20ClNO6. The maximum Gasteiger partial charge on any atom is 0.296 e. The first-order chi connectivity index (χ1) is 15.4. The third-order valence-electron chi connectivity index (χ3n) is 5.29. The molecule has 7 nitrogen and oxygen atoms in total. The van der Waals surface area contributed by atoms with Crippen molar-refractivity contribution in [3.05, 3.63) is 88.3 Å². The van der Waals surface area contributed by atoms with Crippen LogP contribution in [-0.4, -0.2) is 35.9 Å². The van der Waals surface area contributed by atoms with Crippen molar-refractivity contribution in [2.75, 3.05) is 14.2 Å². The van der Waals surface area contributed by atoms with Crippen molar-refractivity contribution in [1.29, 1.82) is 0 Å². The third-order valence-corrected chi connectivity index (χ3v) is 5.54. The number of aliphatic hydroxyl groups excluding tert-OH is 1. The standard InChI is InChI=1S/C24H20ClNO6/c1-30-18-10-7-15(12-19(18)31-2)21-20(22(27)14-5-8-16(25)9-6-14)23(28)24(29)26(21)13-17-4-3-11-32-17/h3-12,21,27H,13H2,1-2H3/t21-/m0/s1. The molecule has 0 saturated carbocycles. The van der Waals surface area contributed by atoms with Crippen LogP contribution in [0, 0.1) is 0 Å². The Morgan fingerprint density at radius 3 is 2.41 bits per heavy atom. The summed E-state index contributed by atoms with van der Waals surface area (Å²) in [4.78, 5) is 27.4. The van der Waals surface area contributed by atoms with Crippen molar-refractivity contribution in [1.82, 2.24) is 4.90 Å². The lowest BCUT2D eigenvalue weighted by molar-refractivity contribution is -0.140. The quantitative estimate of drug-likeness (QED) is 0.334. The predicted octanol–water partition coefficient (Wildman–Crippen LogP) is 4.57. The van der Waals surface area contributed by atoms with Gasteiger partial charge < -0.3 is 23.9 Å². The van der Waals surface area contributed by atoms with Gasteiger partial charge in [-0.2, -0.15) is 0 Å². The first-order valence-electron chi connectivity index (χ1n) is 9.73. The first-order valence-corrected chi connectivity index (χ1v) is 10.1. The number of carbonyl (C=O) groups excluding carboxylic acids is 2. The number of benzene rings is 2. The van der Waals surface area contributed by atoms with Crippen LogP contribution < -0.4 is 9.47 Å². The topological polar surface area (TPSA) is 89.2 Å². The Balaban J connectivity index is 1.89. The van der Waals surface area contributed by atoms with E-state index in [1.54, 1.807) is 54.6 Å². The summed E-state index contributed by atoms with van der Waals surface area (Å²) in [5.74, 6) is -0.386. The van der Waals surface area contributed by atoms with Gasteiger partial charge in [0.25, 0.3) is 11.7 Å². The van der Waals surface area contributed by atoms with Gasteiger partial charge in [-0.3, -0.25) is 9.59 Å². The number of halogens is 1. The smallest absolute Gasteiger partial charge is 0.296 e. The molecule has 1 aliphatic heterocycles. The molecule has 2 aromatic carbocycles. The summed E-state index contributed by atoms with van der Waals surface area (Å²) in [5, 5.41) is 11.5. The number of hydrogen-bond donors (Lipinski definition) is 1. The highest BCUT2D eigenvalue weighted by Crippen LogP contribution is 2.42. The average Bonchev–Trinajstić information content (AvgIpc) is 3.41. The Bertz CT molecular complexity index is 1180. The molecule has 32 heavy (non-hydrogen) atoms. The minimum atomic E-state index is -0.865. The second-order valence-corrected chi connectivity index (χ2v) is 7.56. The molecule has 1 N–H and O–H groups in total. The second kappa shape index (κ2) is 8.80. The predicted molar refractivity (Wildman–Crippen MR) is 118 cm³/mol. The number of nitrogens with zero attached hydrogens (tertiary/aromatic N) is 1. The molecule has 1 aliphatic rings. The van der Waals surface area contributed by atoms with Crippen LogP contribution in [0.5, 0.6) is 11.5 Å². The average molecular weight is 454 g/mol. The van der Waals surface area contributed by atoms with E-state index >= 15 is 0 Å². The van der Waals surface area contributed by atoms with E-state index in [1.165, 1.54) is 25.4 Å². The van der Waals surface area contributed by atoms with Crippen LogP contribution in [0.3, 0.4) is 0 Å². The van der Waals surface area contributed by atoms with Crippen LogP contribution in [-0.2, 0) is 16.1 Å². The highest BCUT2D eigenvalue weighted by Gasteiger charge is 2.46. The SMILES string of the molecule is COc1ccc([C@H]2C(=C(O)c3ccc(Cl)cc3)C(=O)C(=O)N2Cc2ccco2)cc1OC. The molecule has 1 aromatic heterocycles. The van der Waals surface area contributed by atoms with Gasteiger partial charge >= 0.3 is 0 Å². The van der Waals surface area contributed by atoms with Crippen molar-refractivity contribution < 1.29 is 28.6 Å². The van der Waals surface area contributed by atoms with Crippen LogP contribution in [0.15, 0.2) is 70.9 Å². The van der Waals surface area contributed by atoms with Crippen molar-refractivity contribution in [2.45, 2.75) is 12.6 Å². The number of methoxy groups -OCH3 is 2. The fourth-order valence-electron chi connectivity index (χ4n) is 3.75. The lowest BCUT2D eigenvalue weighted by Gasteiger charge is -2.25. The van der Waals surface area contributed by atoms with Gasteiger partial charge in [0.05, 0.1) is 38.6 Å². The number of ketones is 1. The Labute approximate surface area is 189 Å². The van der Waals surface area contributed by atoms with Crippen LogP contribution in [0.4, 0.5) is 0 Å². The molecule has 0 spiro atoms. The third kappa shape index (κ3) is 3.83. The number of ether oxygens (including phenoxy) is 2. The fraction of sp³-hybridized carbons (Fsp3) is 0.167. The molecule has 0 unspecified atom stereocenters. The first kappa shape index (κ1) is 21.5. The van der Waals surface area contributed by atoms with E-state index in [0.29, 0.717) is 33.4 Å². The maximum absolute atomic E-state index is 13.1. The number of Topliss-reactive ketones (excluding diaryl/α,β-unsaturated/α-hetero) is 1. The second-order valence-electron chi connectivity index (χ2n) is 7.13. The van der Waals surface area contributed by atoms with E-state index < -0.39 is 17.7 Å². The molecule has 0 radical (unpaired) electrons. The van der Waals surface area contributed by atoms with Crippen molar-refractivity contribution in [3.63, 3.8) is 0 Å². The molecule has 164 valence electrons. The number of furan rings is 1. The van der Waals surface area contributed by atoms with Gasteiger partial charge in [-0.15, -0.1) is 0 Å². The van der Waals surface area contributed by atoms with E-state index in [0.717, 1.165) is 0 Å². The van der Waals surface area contributed by atoms with Crippen molar-refractivity contribution in [3.8, 4) is 11.5 Å². The van der Waals surface area contributed by atoms with E-state index in [2.05, 4.69) is 0 Å². The molecule has 1 atom stereocenters. The summed E-state index contributed by atoms with van der Waals surface area (Å²) in [6.07, 6.45) is 1.49. The number of rotatable bonds is 6. The largest absolute Gasteiger partial charge is 0.507 e. The lowest BCUT2D eigenvalue weighted by atomic mass is 9.95. The fourth-order valence-corrected chi connectivity index (χ4v) is 3.87. The van der Waals surface area contributed by atoms with Gasteiger partial charge in [0.1, 0.15) is 11.5 Å². The number of carbonyl (C=O) groups is 2. The number of amides is 1. The molecule has 2 heterocycles. The summed E-state index contributed by atoms with van der Waals surface area (Å²) in [7, 11) is 3.01. The minimum absolute atomic E-state index is 0.0314. The van der Waals surface area contributed by atoms with Gasteiger partial charge in [-0.05, 0) is 54.1 Å². The molecule has 0 bridgehead atoms. The van der Waals surface area contributed by atoms with Crippen molar-refractivity contribution in [2.24, 2.45) is 0 Å². The lowest BCUT2D eigenvalue weighted by Crippen LogP contribution is -2.29. The van der Waals surface area contributed by atoms with E-state index in [-0.39, 0.29) is 17.9 Å². The van der Waals surface area contributed by atoms with Gasteiger partial charge in [0.15, 0.2) is 11.5 Å². The zero-order chi connectivity index (χ0) is 22.8. The summed E-state index contributed by atoms with van der Waals surface area (Å²) >= 11 is 5.95. The molecule has 8 heteroatoms. The van der Waals surface area contributed by atoms with Crippen LogP contribution in [0.1, 0.15) is 22.9 Å². The van der Waals surface area contributed by atoms with E-state index in [4.69, 9.17) is 25.5 Å². The Kier molecular flexibility index (Phi) is 5.92. The Morgan fingerprint density at radius 2 is 1.78 bits per heavy atom. The monoisotopic (exact) mass is 453 g/mol. The Morgan fingerprint density at radius 1 is 1.06 bits per heavy atom. The van der Waals surface area contributed by atoms with Gasteiger partial charge in [-0.25, -0.2) is 0 Å². The van der Waals surface area contributed by atoms with Gasteiger partial charge in [-0.1, -0.05) is 17.7 Å². The summed E-state index contributed by atoms with van der Waals surface area (Å²) in [6.45, 7) is 0.0496. The summed E-state index contributed by atoms with van der Waals surface area (Å²) in [6, 6.07) is 14.0. The number of aliphatic hydroxyl groups is 1. The van der Waals surface area contributed by atoms with Gasteiger partial charge in [0, 0.05) is 10.6 Å². The highest BCUT2D eigenvalue weighted by molar-refractivity contribution is 6.46. The highest BCUT2D eigenvalue weighted by atomic mass is 35.5. The van der Waals surface area contributed by atoms with Crippen LogP contribution in [0.25, 0.3) is 5.76 Å².